The summed E-state index contributed by atoms with van der Waals surface area (Å²) in [5.41, 5.74) is 0.295. The highest BCUT2D eigenvalue weighted by Gasteiger charge is 2.62. The van der Waals surface area contributed by atoms with Gasteiger partial charge in [0.15, 0.2) is 0 Å². The Hall–Kier alpha value is -3.12. The van der Waals surface area contributed by atoms with E-state index >= 15 is 0 Å². The molecule has 0 amide bonds. The molecule has 1 saturated heterocycles. The molecule has 0 saturated carbocycles. The summed E-state index contributed by atoms with van der Waals surface area (Å²) >= 11 is 0. The zero-order valence-corrected chi connectivity index (χ0v) is 17.4. The zero-order valence-electron chi connectivity index (χ0n) is 17.4. The van der Waals surface area contributed by atoms with Crippen molar-refractivity contribution in [1.29, 1.82) is 0 Å². The van der Waals surface area contributed by atoms with Gasteiger partial charge < -0.3 is 18.9 Å². The quantitative estimate of drug-likeness (QED) is 0.508. The average Bonchev–Trinajstić information content (AvgIpc) is 3.15. The van der Waals surface area contributed by atoms with E-state index in [9.17, 15) is 9.59 Å². The molecular weight excluding hydrogens is 384 g/mol. The van der Waals surface area contributed by atoms with Gasteiger partial charge in [0.2, 0.25) is 5.41 Å². The molecule has 0 N–H and O–H groups in total. The van der Waals surface area contributed by atoms with Crippen molar-refractivity contribution in [2.45, 2.75) is 20.0 Å². The van der Waals surface area contributed by atoms with Gasteiger partial charge in [-0.15, -0.1) is 0 Å². The molecule has 1 heterocycles. The Kier molecular flexibility index (Phi) is 6.90. The summed E-state index contributed by atoms with van der Waals surface area (Å²) in [7, 11) is 1.59. The van der Waals surface area contributed by atoms with Crippen LogP contribution >= 0.6 is 0 Å². The molecule has 6 heteroatoms. The van der Waals surface area contributed by atoms with Gasteiger partial charge in [-0.05, 0) is 42.7 Å². The predicted octanol–water partition coefficient (Wildman–Crippen LogP) is 3.96. The standard InChI is InChI=1S/C24H26O6/c1-4-28-22(25)24(23(26)29-5-2)19(15-17-11-13-20(27-3)14-12-17)16-30-21(24)18-9-7-6-8-10-18/h6-15,21H,4-5,16H2,1-3H3/b19-15+. The maximum Gasteiger partial charge on any atom is 0.330 e. The molecule has 3 rings (SSSR count). The summed E-state index contributed by atoms with van der Waals surface area (Å²) < 4.78 is 22.0. The van der Waals surface area contributed by atoms with Gasteiger partial charge in [-0.1, -0.05) is 48.5 Å². The molecule has 2 aromatic rings. The smallest absolute Gasteiger partial charge is 0.330 e. The number of carbonyl (C=O) groups is 2. The van der Waals surface area contributed by atoms with Gasteiger partial charge in [-0.3, -0.25) is 9.59 Å². The Bertz CT molecular complexity index is 883. The first kappa shape index (κ1) is 21.6. The molecule has 6 nitrogen and oxygen atoms in total. The predicted molar refractivity (Wildman–Crippen MR) is 112 cm³/mol. The molecule has 0 aromatic heterocycles. The van der Waals surface area contributed by atoms with Crippen LogP contribution in [0.25, 0.3) is 6.08 Å². The van der Waals surface area contributed by atoms with Gasteiger partial charge in [0, 0.05) is 0 Å². The molecule has 158 valence electrons. The minimum absolute atomic E-state index is 0.100. The fraction of sp³-hybridized carbons (Fsp3) is 0.333. The highest BCUT2D eigenvalue weighted by atomic mass is 16.6. The first-order chi connectivity index (χ1) is 14.6. The Morgan fingerprint density at radius 2 is 1.60 bits per heavy atom. The molecule has 0 bridgehead atoms. The van der Waals surface area contributed by atoms with E-state index in [1.807, 2.05) is 54.6 Å². The van der Waals surface area contributed by atoms with Crippen molar-refractivity contribution in [1.82, 2.24) is 0 Å². The lowest BCUT2D eigenvalue weighted by Crippen LogP contribution is -2.45. The molecule has 1 aliphatic heterocycles. The number of methoxy groups -OCH3 is 1. The molecule has 2 aromatic carbocycles. The maximum absolute atomic E-state index is 13.3. The number of rotatable bonds is 7. The van der Waals surface area contributed by atoms with E-state index in [2.05, 4.69) is 0 Å². The van der Waals surface area contributed by atoms with Gasteiger partial charge in [0.05, 0.1) is 26.9 Å². The molecule has 30 heavy (non-hydrogen) atoms. The minimum Gasteiger partial charge on any atom is -0.497 e. The second-order valence-electron chi connectivity index (χ2n) is 6.79. The zero-order chi connectivity index (χ0) is 21.6. The van der Waals surface area contributed by atoms with Gasteiger partial charge >= 0.3 is 11.9 Å². The molecular formula is C24H26O6. The van der Waals surface area contributed by atoms with Crippen LogP contribution in [0.4, 0.5) is 0 Å². The van der Waals surface area contributed by atoms with Crippen LogP contribution in [0.2, 0.25) is 0 Å². The minimum atomic E-state index is -1.71. The summed E-state index contributed by atoms with van der Waals surface area (Å²) in [6.07, 6.45) is 0.942. The number of carbonyl (C=O) groups excluding carboxylic acids is 2. The fourth-order valence-electron chi connectivity index (χ4n) is 3.66. The van der Waals surface area contributed by atoms with Crippen LogP contribution in [-0.2, 0) is 23.8 Å². The number of esters is 2. The van der Waals surface area contributed by atoms with E-state index < -0.39 is 23.5 Å². The monoisotopic (exact) mass is 410 g/mol. The van der Waals surface area contributed by atoms with Gasteiger partial charge in [0.25, 0.3) is 0 Å². The van der Waals surface area contributed by atoms with E-state index in [-0.39, 0.29) is 19.8 Å². The number of ether oxygens (including phenoxy) is 4. The Morgan fingerprint density at radius 3 is 2.13 bits per heavy atom. The molecule has 0 radical (unpaired) electrons. The third-order valence-electron chi connectivity index (χ3n) is 5.06. The van der Waals surface area contributed by atoms with Crippen molar-refractivity contribution in [3.05, 3.63) is 71.3 Å². The van der Waals surface area contributed by atoms with Crippen molar-refractivity contribution in [3.8, 4) is 5.75 Å². The number of hydrogen-bond acceptors (Lipinski definition) is 6. The molecule has 1 aliphatic rings. The summed E-state index contributed by atoms with van der Waals surface area (Å²) in [5.74, 6) is -0.631. The summed E-state index contributed by atoms with van der Waals surface area (Å²) in [6, 6.07) is 16.5. The van der Waals surface area contributed by atoms with Gasteiger partial charge in [-0.25, -0.2) is 0 Å². The van der Waals surface area contributed by atoms with Crippen LogP contribution in [0.1, 0.15) is 31.1 Å². The first-order valence-corrected chi connectivity index (χ1v) is 9.94. The Balaban J connectivity index is 2.17. The fourth-order valence-corrected chi connectivity index (χ4v) is 3.66. The normalized spacial score (nSPS) is 18.8. The van der Waals surface area contributed by atoms with E-state index in [0.717, 1.165) is 5.56 Å². The van der Waals surface area contributed by atoms with Crippen LogP contribution in [0.5, 0.6) is 5.75 Å². The van der Waals surface area contributed by atoms with E-state index in [1.165, 1.54) is 0 Å². The third-order valence-corrected chi connectivity index (χ3v) is 5.06. The van der Waals surface area contributed by atoms with Crippen LogP contribution in [0.15, 0.2) is 60.2 Å². The van der Waals surface area contributed by atoms with Crippen molar-refractivity contribution in [3.63, 3.8) is 0 Å². The summed E-state index contributed by atoms with van der Waals surface area (Å²) in [4.78, 5) is 26.6. The van der Waals surface area contributed by atoms with Gasteiger partial charge in [-0.2, -0.15) is 0 Å². The Labute approximate surface area is 176 Å². The van der Waals surface area contributed by atoms with Crippen LogP contribution in [0, 0.1) is 5.41 Å². The van der Waals surface area contributed by atoms with E-state index in [0.29, 0.717) is 16.9 Å². The third kappa shape index (κ3) is 3.96. The molecule has 0 aliphatic carbocycles. The van der Waals surface area contributed by atoms with Crippen molar-refractivity contribution >= 4 is 18.0 Å². The van der Waals surface area contributed by atoms with Crippen molar-refractivity contribution < 1.29 is 28.5 Å². The summed E-state index contributed by atoms with van der Waals surface area (Å²) in [6.45, 7) is 3.78. The lowest BCUT2D eigenvalue weighted by atomic mass is 9.74. The molecule has 0 spiro atoms. The maximum atomic E-state index is 13.3. The molecule has 1 atom stereocenters. The van der Waals surface area contributed by atoms with Crippen LogP contribution in [0.3, 0.4) is 0 Å². The SMILES string of the molecule is CCOC(=O)C1(C(=O)OCC)/C(=C/c2ccc(OC)cc2)COC1c1ccccc1. The van der Waals surface area contributed by atoms with E-state index in [4.69, 9.17) is 18.9 Å². The lowest BCUT2D eigenvalue weighted by Gasteiger charge is -2.30. The van der Waals surface area contributed by atoms with Crippen LogP contribution < -0.4 is 4.74 Å². The van der Waals surface area contributed by atoms with Crippen LogP contribution in [-0.4, -0.2) is 38.9 Å². The highest BCUT2D eigenvalue weighted by Crippen LogP contribution is 2.51. The van der Waals surface area contributed by atoms with Crippen molar-refractivity contribution in [2.24, 2.45) is 5.41 Å². The Morgan fingerprint density at radius 1 is 1.00 bits per heavy atom. The summed E-state index contributed by atoms with van der Waals surface area (Å²) in [5, 5.41) is 0. The molecule has 1 fully saturated rings. The first-order valence-electron chi connectivity index (χ1n) is 9.94. The average molecular weight is 410 g/mol. The highest BCUT2D eigenvalue weighted by molar-refractivity contribution is 6.06. The largest absolute Gasteiger partial charge is 0.497 e. The number of benzene rings is 2. The lowest BCUT2D eigenvalue weighted by molar-refractivity contribution is -0.174. The van der Waals surface area contributed by atoms with E-state index in [1.54, 1.807) is 27.0 Å². The molecule has 1 unspecified atom stereocenters. The van der Waals surface area contributed by atoms with Gasteiger partial charge in [0.1, 0.15) is 11.9 Å². The topological polar surface area (TPSA) is 71.1 Å². The second kappa shape index (κ2) is 9.59. The van der Waals surface area contributed by atoms with Crippen molar-refractivity contribution in [2.75, 3.05) is 26.9 Å². The second-order valence-corrected chi connectivity index (χ2v) is 6.79. The number of hydrogen-bond donors (Lipinski definition) is 0.